The van der Waals surface area contributed by atoms with Crippen LogP contribution in [0.3, 0.4) is 0 Å². The molecule has 0 heterocycles. The van der Waals surface area contributed by atoms with Crippen LogP contribution in [0.4, 0.5) is 0 Å². The number of carbonyl (C=O) groups excluding carboxylic acids is 2. The van der Waals surface area contributed by atoms with Crippen molar-refractivity contribution in [1.29, 1.82) is 0 Å². The number of hydrogen-bond acceptors (Lipinski definition) is 3. The molecule has 3 atom stereocenters. The number of nitrogens with one attached hydrogen (secondary N) is 1. The van der Waals surface area contributed by atoms with E-state index in [0.717, 1.165) is 25.7 Å². The van der Waals surface area contributed by atoms with Crippen molar-refractivity contribution in [2.75, 3.05) is 13.6 Å². The normalized spacial score (nSPS) is 25.3. The van der Waals surface area contributed by atoms with Crippen LogP contribution < -0.4 is 11.1 Å². The summed E-state index contributed by atoms with van der Waals surface area (Å²) in [6.45, 7) is 4.27. The third kappa shape index (κ3) is 3.70. The molecule has 0 saturated heterocycles. The predicted molar refractivity (Wildman–Crippen MR) is 70.8 cm³/mol. The minimum atomic E-state index is -0.475. The Bertz CT molecular complexity index is 307. The minimum absolute atomic E-state index is 0.0600. The summed E-state index contributed by atoms with van der Waals surface area (Å²) in [6, 6.07) is -0.540. The van der Waals surface area contributed by atoms with Gasteiger partial charge in [0.05, 0.1) is 5.92 Å². The lowest BCUT2D eigenvalue weighted by Crippen LogP contribution is -2.50. The van der Waals surface area contributed by atoms with Crippen molar-refractivity contribution >= 4 is 11.8 Å². The molecule has 0 aliphatic heterocycles. The maximum absolute atomic E-state index is 12.1. The summed E-state index contributed by atoms with van der Waals surface area (Å²) in [5, 5.41) is 2.78. The summed E-state index contributed by atoms with van der Waals surface area (Å²) in [5.41, 5.74) is 5.96. The Morgan fingerprint density at radius 3 is 2.56 bits per heavy atom. The number of amides is 2. The van der Waals surface area contributed by atoms with Gasteiger partial charge in [-0.25, -0.2) is 0 Å². The van der Waals surface area contributed by atoms with Crippen molar-refractivity contribution in [3.63, 3.8) is 0 Å². The van der Waals surface area contributed by atoms with E-state index in [9.17, 15) is 9.59 Å². The summed E-state index contributed by atoms with van der Waals surface area (Å²) in [5.74, 6) is -0.274. The Hall–Kier alpha value is -1.10. The second-order valence-corrected chi connectivity index (χ2v) is 5.14. The van der Waals surface area contributed by atoms with E-state index in [4.69, 9.17) is 5.73 Å². The highest BCUT2D eigenvalue weighted by Crippen LogP contribution is 2.23. The molecule has 1 aliphatic carbocycles. The zero-order valence-electron chi connectivity index (χ0n) is 11.6. The Morgan fingerprint density at radius 2 is 2.00 bits per heavy atom. The maximum Gasteiger partial charge on any atom is 0.244 e. The second-order valence-electron chi connectivity index (χ2n) is 5.14. The molecule has 5 heteroatoms. The minimum Gasteiger partial charge on any atom is -0.344 e. The molecule has 0 spiro atoms. The van der Waals surface area contributed by atoms with Crippen LogP contribution in [0, 0.1) is 5.92 Å². The molecule has 5 nitrogen and oxygen atoms in total. The SMILES string of the molecule is CCN(C)C(=O)C(C)NC(=O)C1CCCCC1N. The van der Waals surface area contributed by atoms with Gasteiger partial charge in [0, 0.05) is 19.6 Å². The first-order valence-electron chi connectivity index (χ1n) is 6.78. The standard InChI is InChI=1S/C13H25N3O2/c1-4-16(3)13(18)9(2)15-12(17)10-7-5-6-8-11(10)14/h9-11H,4-8,14H2,1-3H3,(H,15,17). The van der Waals surface area contributed by atoms with Crippen LogP contribution in [-0.2, 0) is 9.59 Å². The quantitative estimate of drug-likeness (QED) is 0.767. The van der Waals surface area contributed by atoms with E-state index in [1.165, 1.54) is 0 Å². The summed E-state index contributed by atoms with van der Waals surface area (Å²) >= 11 is 0. The Morgan fingerprint density at radius 1 is 1.39 bits per heavy atom. The van der Waals surface area contributed by atoms with E-state index in [2.05, 4.69) is 5.32 Å². The molecular formula is C13H25N3O2. The number of rotatable bonds is 4. The number of nitrogens with two attached hydrogens (primary N) is 1. The lowest BCUT2D eigenvalue weighted by molar-refractivity contribution is -0.136. The fraction of sp³-hybridized carbons (Fsp3) is 0.846. The van der Waals surface area contributed by atoms with Gasteiger partial charge in [0.2, 0.25) is 11.8 Å². The van der Waals surface area contributed by atoms with Gasteiger partial charge in [0.15, 0.2) is 0 Å². The van der Waals surface area contributed by atoms with E-state index >= 15 is 0 Å². The summed E-state index contributed by atoms with van der Waals surface area (Å²) in [4.78, 5) is 25.5. The molecule has 0 aromatic carbocycles. The fourth-order valence-electron chi connectivity index (χ4n) is 2.35. The van der Waals surface area contributed by atoms with E-state index in [-0.39, 0.29) is 23.8 Å². The van der Waals surface area contributed by atoms with Gasteiger partial charge in [-0.05, 0) is 26.7 Å². The van der Waals surface area contributed by atoms with Crippen molar-refractivity contribution in [1.82, 2.24) is 10.2 Å². The molecule has 0 aromatic heterocycles. The fourth-order valence-corrected chi connectivity index (χ4v) is 2.35. The van der Waals surface area contributed by atoms with Gasteiger partial charge in [0.25, 0.3) is 0 Å². The summed E-state index contributed by atoms with van der Waals surface area (Å²) in [7, 11) is 1.73. The molecule has 0 bridgehead atoms. The first-order chi connectivity index (χ1) is 8.47. The summed E-state index contributed by atoms with van der Waals surface area (Å²) < 4.78 is 0. The first-order valence-corrected chi connectivity index (χ1v) is 6.78. The highest BCUT2D eigenvalue weighted by molar-refractivity contribution is 5.88. The van der Waals surface area contributed by atoms with E-state index in [0.29, 0.717) is 6.54 Å². The molecule has 1 fully saturated rings. The molecule has 3 unspecified atom stereocenters. The molecule has 0 aromatic rings. The molecule has 1 saturated carbocycles. The van der Waals surface area contributed by atoms with Crippen LogP contribution in [0.1, 0.15) is 39.5 Å². The average Bonchev–Trinajstić information content (AvgIpc) is 2.37. The summed E-state index contributed by atoms with van der Waals surface area (Å²) in [6.07, 6.45) is 3.87. The maximum atomic E-state index is 12.1. The monoisotopic (exact) mass is 255 g/mol. The Balaban J connectivity index is 2.50. The zero-order valence-corrected chi connectivity index (χ0v) is 11.6. The number of nitrogens with zero attached hydrogens (tertiary/aromatic N) is 1. The molecular weight excluding hydrogens is 230 g/mol. The molecule has 2 amide bonds. The van der Waals surface area contributed by atoms with Gasteiger partial charge in [-0.3, -0.25) is 9.59 Å². The van der Waals surface area contributed by atoms with E-state index < -0.39 is 6.04 Å². The average molecular weight is 255 g/mol. The zero-order chi connectivity index (χ0) is 13.7. The molecule has 1 aliphatic rings. The molecule has 104 valence electrons. The first kappa shape index (κ1) is 15.0. The van der Waals surface area contributed by atoms with Crippen molar-refractivity contribution in [2.45, 2.75) is 51.6 Å². The largest absolute Gasteiger partial charge is 0.344 e. The molecule has 18 heavy (non-hydrogen) atoms. The number of hydrogen-bond donors (Lipinski definition) is 2. The smallest absolute Gasteiger partial charge is 0.244 e. The van der Waals surface area contributed by atoms with Crippen molar-refractivity contribution in [2.24, 2.45) is 11.7 Å². The molecule has 3 N–H and O–H groups in total. The van der Waals surface area contributed by atoms with Crippen molar-refractivity contribution in [3.8, 4) is 0 Å². The highest BCUT2D eigenvalue weighted by Gasteiger charge is 2.30. The lowest BCUT2D eigenvalue weighted by Gasteiger charge is -2.29. The van der Waals surface area contributed by atoms with Gasteiger partial charge >= 0.3 is 0 Å². The van der Waals surface area contributed by atoms with Gasteiger partial charge < -0.3 is 16.0 Å². The van der Waals surface area contributed by atoms with Crippen LogP contribution >= 0.6 is 0 Å². The second kappa shape index (κ2) is 6.73. The topological polar surface area (TPSA) is 75.4 Å². The van der Waals surface area contributed by atoms with Crippen molar-refractivity contribution in [3.05, 3.63) is 0 Å². The predicted octanol–water partition coefficient (Wildman–Crippen LogP) is 0.487. The van der Waals surface area contributed by atoms with Crippen molar-refractivity contribution < 1.29 is 9.59 Å². The van der Waals surface area contributed by atoms with Gasteiger partial charge in [0.1, 0.15) is 6.04 Å². The van der Waals surface area contributed by atoms with Crippen LogP contribution in [0.15, 0.2) is 0 Å². The number of likely N-dealkylation sites (N-methyl/N-ethyl adjacent to an activating group) is 1. The van der Waals surface area contributed by atoms with Crippen LogP contribution in [0.25, 0.3) is 0 Å². The van der Waals surface area contributed by atoms with Gasteiger partial charge in [-0.2, -0.15) is 0 Å². The van der Waals surface area contributed by atoms with Crippen LogP contribution in [0.5, 0.6) is 0 Å². The van der Waals surface area contributed by atoms with Crippen LogP contribution in [0.2, 0.25) is 0 Å². The Kier molecular flexibility index (Phi) is 5.59. The molecule has 0 radical (unpaired) electrons. The number of carbonyl (C=O) groups is 2. The lowest BCUT2D eigenvalue weighted by atomic mass is 9.84. The van der Waals surface area contributed by atoms with Gasteiger partial charge in [-0.15, -0.1) is 0 Å². The molecule has 1 rings (SSSR count). The highest BCUT2D eigenvalue weighted by atomic mass is 16.2. The Labute approximate surface area is 109 Å². The van der Waals surface area contributed by atoms with E-state index in [1.54, 1.807) is 18.9 Å². The third-order valence-corrected chi connectivity index (χ3v) is 3.74. The third-order valence-electron chi connectivity index (χ3n) is 3.74. The van der Waals surface area contributed by atoms with Crippen LogP contribution in [-0.4, -0.2) is 42.4 Å². The van der Waals surface area contributed by atoms with E-state index in [1.807, 2.05) is 6.92 Å². The van der Waals surface area contributed by atoms with Gasteiger partial charge in [-0.1, -0.05) is 12.8 Å².